The quantitative estimate of drug-likeness (QED) is 0.838. The molecule has 4 heteroatoms. The maximum absolute atomic E-state index is 9.63. The lowest BCUT2D eigenvalue weighted by Crippen LogP contribution is -2.40. The summed E-state index contributed by atoms with van der Waals surface area (Å²) in [5.74, 6) is 0.935. The zero-order chi connectivity index (χ0) is 13.7. The average molecular weight is 251 g/mol. The zero-order valence-corrected chi connectivity index (χ0v) is 12.1. The fourth-order valence-electron chi connectivity index (χ4n) is 2.18. The van der Waals surface area contributed by atoms with Crippen LogP contribution in [-0.2, 0) is 0 Å². The van der Waals surface area contributed by atoms with E-state index in [1.54, 1.807) is 13.1 Å². The van der Waals surface area contributed by atoms with E-state index in [0.29, 0.717) is 6.04 Å². The van der Waals surface area contributed by atoms with E-state index in [1.807, 2.05) is 12.1 Å². The molecule has 2 atom stereocenters. The highest BCUT2D eigenvalue weighted by atomic mass is 16.3. The summed E-state index contributed by atoms with van der Waals surface area (Å²) in [5, 5.41) is 9.63. The highest BCUT2D eigenvalue weighted by Gasteiger charge is 2.15. The van der Waals surface area contributed by atoms with Crippen LogP contribution in [0.3, 0.4) is 0 Å². The molecule has 0 aromatic carbocycles. The molecule has 0 aliphatic rings. The number of hydrogen-bond acceptors (Lipinski definition) is 4. The van der Waals surface area contributed by atoms with Gasteiger partial charge in [-0.2, -0.15) is 0 Å². The molecule has 1 rings (SSSR count). The number of aromatic nitrogens is 1. The Hall–Kier alpha value is -1.13. The Kier molecular flexibility index (Phi) is 5.56. The minimum absolute atomic E-state index is 0.391. The van der Waals surface area contributed by atoms with Crippen molar-refractivity contribution in [3.63, 3.8) is 0 Å². The van der Waals surface area contributed by atoms with Gasteiger partial charge >= 0.3 is 0 Å². The molecule has 102 valence electrons. The Balaban J connectivity index is 2.90. The minimum Gasteiger partial charge on any atom is -0.389 e. The summed E-state index contributed by atoms with van der Waals surface area (Å²) >= 11 is 0. The van der Waals surface area contributed by atoms with Crippen LogP contribution in [0.2, 0.25) is 0 Å². The average Bonchev–Trinajstić information content (AvgIpc) is 2.29. The third kappa shape index (κ3) is 3.96. The molecule has 0 saturated heterocycles. The Morgan fingerprint density at radius 3 is 2.50 bits per heavy atom. The van der Waals surface area contributed by atoms with Gasteiger partial charge in [-0.15, -0.1) is 0 Å². The van der Waals surface area contributed by atoms with Gasteiger partial charge in [0.1, 0.15) is 5.82 Å². The van der Waals surface area contributed by atoms with Gasteiger partial charge in [-0.05, 0) is 52.6 Å². The molecule has 1 aromatic heterocycles. The fraction of sp³-hybridized carbons (Fsp3) is 0.643. The number of pyridine rings is 1. The van der Waals surface area contributed by atoms with Gasteiger partial charge in [0, 0.05) is 25.3 Å². The molecule has 4 nitrogen and oxygen atoms in total. The molecule has 1 N–H and O–H groups in total. The molecule has 0 aliphatic carbocycles. The van der Waals surface area contributed by atoms with Gasteiger partial charge in [-0.1, -0.05) is 0 Å². The molecule has 0 aliphatic heterocycles. The highest BCUT2D eigenvalue weighted by Crippen LogP contribution is 2.19. The molecule has 1 heterocycles. The molecule has 1 aromatic rings. The van der Waals surface area contributed by atoms with E-state index in [0.717, 1.165) is 24.5 Å². The predicted octanol–water partition coefficient (Wildman–Crippen LogP) is 1.91. The van der Waals surface area contributed by atoms with E-state index in [2.05, 4.69) is 42.7 Å². The van der Waals surface area contributed by atoms with E-state index in [-0.39, 0.29) is 0 Å². The van der Waals surface area contributed by atoms with Crippen molar-refractivity contribution >= 4 is 5.82 Å². The fourth-order valence-corrected chi connectivity index (χ4v) is 2.18. The van der Waals surface area contributed by atoms with Gasteiger partial charge in [-0.25, -0.2) is 4.98 Å². The van der Waals surface area contributed by atoms with Crippen LogP contribution < -0.4 is 4.90 Å². The second-order valence-corrected chi connectivity index (χ2v) is 5.02. The Morgan fingerprint density at radius 2 is 2.00 bits per heavy atom. The normalized spacial score (nSPS) is 14.6. The molecule has 0 fully saturated rings. The van der Waals surface area contributed by atoms with Crippen LogP contribution in [0.15, 0.2) is 18.3 Å². The van der Waals surface area contributed by atoms with Gasteiger partial charge in [0.25, 0.3) is 0 Å². The number of aliphatic hydroxyl groups excluding tert-OH is 1. The third-order valence-corrected chi connectivity index (χ3v) is 3.05. The molecule has 0 radical (unpaired) electrons. The first kappa shape index (κ1) is 14.9. The van der Waals surface area contributed by atoms with Crippen molar-refractivity contribution in [2.24, 2.45) is 0 Å². The molecule has 1 unspecified atom stereocenters. The maximum Gasteiger partial charge on any atom is 0.129 e. The molecule has 18 heavy (non-hydrogen) atoms. The van der Waals surface area contributed by atoms with Crippen molar-refractivity contribution in [1.29, 1.82) is 0 Å². The van der Waals surface area contributed by atoms with Crippen molar-refractivity contribution in [3.8, 4) is 0 Å². The molecular formula is C14H25N3O. The van der Waals surface area contributed by atoms with Crippen LogP contribution in [0, 0.1) is 0 Å². The summed E-state index contributed by atoms with van der Waals surface area (Å²) in [6.45, 7) is 7.99. The van der Waals surface area contributed by atoms with Crippen LogP contribution >= 0.6 is 0 Å². The van der Waals surface area contributed by atoms with E-state index < -0.39 is 6.10 Å². The van der Waals surface area contributed by atoms with Gasteiger partial charge < -0.3 is 14.9 Å². The topological polar surface area (TPSA) is 39.6 Å². The Bertz CT molecular complexity index is 366. The maximum atomic E-state index is 9.63. The first-order chi connectivity index (χ1) is 8.45. The monoisotopic (exact) mass is 251 g/mol. The van der Waals surface area contributed by atoms with Crippen LogP contribution in [0.4, 0.5) is 5.82 Å². The number of likely N-dealkylation sites (N-methyl/N-ethyl adjacent to an activating group) is 2. The summed E-state index contributed by atoms with van der Waals surface area (Å²) in [6, 6.07) is 4.22. The number of rotatable bonds is 6. The second-order valence-electron chi connectivity index (χ2n) is 5.02. The van der Waals surface area contributed by atoms with Crippen molar-refractivity contribution < 1.29 is 5.11 Å². The highest BCUT2D eigenvalue weighted by molar-refractivity contribution is 5.42. The zero-order valence-electron chi connectivity index (χ0n) is 12.1. The van der Waals surface area contributed by atoms with Crippen molar-refractivity contribution in [2.45, 2.75) is 32.9 Å². The summed E-state index contributed by atoms with van der Waals surface area (Å²) in [6.07, 6.45) is 1.32. The summed E-state index contributed by atoms with van der Waals surface area (Å²) in [4.78, 5) is 8.85. The van der Waals surface area contributed by atoms with Crippen LogP contribution in [0.25, 0.3) is 0 Å². The van der Waals surface area contributed by atoms with Gasteiger partial charge in [-0.3, -0.25) is 0 Å². The largest absolute Gasteiger partial charge is 0.389 e. The van der Waals surface area contributed by atoms with Crippen LogP contribution in [-0.4, -0.2) is 48.2 Å². The predicted molar refractivity (Wildman–Crippen MR) is 75.9 cm³/mol. The first-order valence-electron chi connectivity index (χ1n) is 6.51. The first-order valence-corrected chi connectivity index (χ1v) is 6.51. The lowest BCUT2D eigenvalue weighted by atomic mass is 10.1. The van der Waals surface area contributed by atoms with E-state index in [9.17, 15) is 5.11 Å². The summed E-state index contributed by atoms with van der Waals surface area (Å²) < 4.78 is 0. The lowest BCUT2D eigenvalue weighted by Gasteiger charge is -2.31. The van der Waals surface area contributed by atoms with E-state index >= 15 is 0 Å². The standard InChI is InChI=1S/C14H25N3O/c1-6-17(11(2)10-16(4)5)14-9-13(12(3)18)7-8-15-14/h7-9,11-12,18H,6,10H2,1-5H3/t11?,12-/m1/s1. The summed E-state index contributed by atoms with van der Waals surface area (Å²) in [7, 11) is 4.15. The van der Waals surface area contributed by atoms with Crippen LogP contribution in [0.1, 0.15) is 32.4 Å². The second kappa shape index (κ2) is 6.71. The SMILES string of the molecule is CCN(c1cc([C@@H](C)O)ccn1)C(C)CN(C)C. The molecular weight excluding hydrogens is 226 g/mol. The Labute approximate surface area is 110 Å². The third-order valence-electron chi connectivity index (χ3n) is 3.05. The minimum atomic E-state index is -0.449. The number of hydrogen-bond donors (Lipinski definition) is 1. The smallest absolute Gasteiger partial charge is 0.129 e. The van der Waals surface area contributed by atoms with Gasteiger partial charge in [0.2, 0.25) is 0 Å². The van der Waals surface area contributed by atoms with E-state index in [4.69, 9.17) is 0 Å². The Morgan fingerprint density at radius 1 is 1.33 bits per heavy atom. The van der Waals surface area contributed by atoms with E-state index in [1.165, 1.54) is 0 Å². The molecule has 0 bridgehead atoms. The van der Waals surface area contributed by atoms with Gasteiger partial charge in [0.05, 0.1) is 6.10 Å². The van der Waals surface area contributed by atoms with Gasteiger partial charge in [0.15, 0.2) is 0 Å². The number of anilines is 1. The summed E-state index contributed by atoms with van der Waals surface area (Å²) in [5.41, 5.74) is 0.913. The lowest BCUT2D eigenvalue weighted by molar-refractivity contribution is 0.199. The van der Waals surface area contributed by atoms with Crippen molar-refractivity contribution in [3.05, 3.63) is 23.9 Å². The van der Waals surface area contributed by atoms with Crippen LogP contribution in [0.5, 0.6) is 0 Å². The molecule has 0 spiro atoms. The number of nitrogens with zero attached hydrogens (tertiary/aromatic N) is 3. The molecule has 0 saturated carbocycles. The van der Waals surface area contributed by atoms with Crippen molar-refractivity contribution in [1.82, 2.24) is 9.88 Å². The molecule has 0 amide bonds. The van der Waals surface area contributed by atoms with Crippen molar-refractivity contribution in [2.75, 3.05) is 32.1 Å². The number of aliphatic hydroxyl groups is 1.